The van der Waals surface area contributed by atoms with Gasteiger partial charge in [-0.3, -0.25) is 9.59 Å². The van der Waals surface area contributed by atoms with Gasteiger partial charge >= 0.3 is 0 Å². The minimum Gasteiger partial charge on any atom is -0.351 e. The van der Waals surface area contributed by atoms with E-state index in [9.17, 15) is 14.0 Å². The lowest BCUT2D eigenvalue weighted by atomic mass is 9.63. The Bertz CT molecular complexity index is 850. The van der Waals surface area contributed by atoms with Gasteiger partial charge in [-0.15, -0.1) is 0 Å². The van der Waals surface area contributed by atoms with E-state index in [0.29, 0.717) is 17.9 Å². The molecule has 6 heteroatoms. The van der Waals surface area contributed by atoms with Crippen molar-refractivity contribution in [2.45, 2.75) is 110 Å². The molecule has 1 atom stereocenters. The van der Waals surface area contributed by atoms with Crippen LogP contribution in [0.4, 0.5) is 4.39 Å². The summed E-state index contributed by atoms with van der Waals surface area (Å²) in [6.07, 6.45) is 11.2. The van der Waals surface area contributed by atoms with Gasteiger partial charge in [0.2, 0.25) is 12.3 Å². The van der Waals surface area contributed by atoms with Gasteiger partial charge in [0, 0.05) is 31.2 Å². The van der Waals surface area contributed by atoms with Gasteiger partial charge in [-0.05, 0) is 109 Å². The molecule has 2 amide bonds. The van der Waals surface area contributed by atoms with Crippen molar-refractivity contribution in [2.24, 2.45) is 11.3 Å². The van der Waals surface area contributed by atoms with Crippen molar-refractivity contribution in [2.75, 3.05) is 26.2 Å². The third-order valence-corrected chi connectivity index (χ3v) is 8.69. The SMILES string of the molecule is CC(C)(C)NC(=O)C1(C2CCCCC2)CCN(C=O)CC1.CC(C)N1CCC[C@H](c2ccc(F)cc2)C1. The number of nitrogens with one attached hydrogen (secondary N) is 1. The summed E-state index contributed by atoms with van der Waals surface area (Å²) in [4.78, 5) is 28.3. The van der Waals surface area contributed by atoms with E-state index in [1.165, 1.54) is 57.1 Å². The van der Waals surface area contributed by atoms with Gasteiger partial charge in [0.25, 0.3) is 0 Å². The highest BCUT2D eigenvalue weighted by molar-refractivity contribution is 5.84. The number of rotatable bonds is 5. The molecule has 2 aliphatic heterocycles. The van der Waals surface area contributed by atoms with Crippen LogP contribution in [0.3, 0.4) is 0 Å². The van der Waals surface area contributed by atoms with Crippen molar-refractivity contribution in [3.8, 4) is 0 Å². The van der Waals surface area contributed by atoms with E-state index in [0.717, 1.165) is 38.9 Å². The molecule has 0 radical (unpaired) electrons. The minimum absolute atomic E-state index is 0.139. The Hall–Kier alpha value is -1.95. The molecule has 4 rings (SSSR count). The third kappa shape index (κ3) is 8.27. The van der Waals surface area contributed by atoms with Gasteiger partial charge in [-0.25, -0.2) is 4.39 Å². The predicted octanol–water partition coefficient (Wildman–Crippen LogP) is 6.13. The second-order valence-corrected chi connectivity index (χ2v) is 12.8. The Morgan fingerprint density at radius 3 is 2.16 bits per heavy atom. The van der Waals surface area contributed by atoms with Crippen LogP contribution in [0.2, 0.25) is 0 Å². The molecule has 0 bridgehead atoms. The summed E-state index contributed by atoms with van der Waals surface area (Å²) in [5.74, 6) is 1.15. The smallest absolute Gasteiger partial charge is 0.227 e. The Kier molecular flexibility index (Phi) is 10.6. The maximum atomic E-state index is 13.0. The molecule has 3 aliphatic rings. The molecule has 0 spiro atoms. The normalized spacial score (nSPS) is 23.2. The molecular weight excluding hydrogens is 465 g/mol. The van der Waals surface area contributed by atoms with Crippen LogP contribution in [0.25, 0.3) is 0 Å². The minimum atomic E-state index is -0.257. The quantitative estimate of drug-likeness (QED) is 0.480. The number of hydrogen-bond acceptors (Lipinski definition) is 3. The van der Waals surface area contributed by atoms with E-state index in [1.54, 1.807) is 12.1 Å². The number of likely N-dealkylation sites (tertiary alicyclic amines) is 2. The standard InChI is InChI=1S/C17H30N2O2.C14H20FN/c1-16(2,3)18-15(21)17(14-7-5-4-6-8-14)9-11-19(13-20)12-10-17;1-11(2)16-9-3-4-13(10-16)12-5-7-14(15)8-6-12/h13-14H,4-12H2,1-3H3,(H,18,21);5-8,11,13H,3-4,9-10H2,1-2H3/t;13-/m.0/s1. The lowest BCUT2D eigenvalue weighted by Crippen LogP contribution is -2.56. The Labute approximate surface area is 224 Å². The Morgan fingerprint density at radius 2 is 1.62 bits per heavy atom. The van der Waals surface area contributed by atoms with Gasteiger partial charge < -0.3 is 15.1 Å². The molecule has 208 valence electrons. The maximum absolute atomic E-state index is 13.0. The molecule has 1 N–H and O–H groups in total. The van der Waals surface area contributed by atoms with Gasteiger partial charge in [0.15, 0.2) is 0 Å². The second-order valence-electron chi connectivity index (χ2n) is 12.8. The van der Waals surface area contributed by atoms with Crippen molar-refractivity contribution in [3.05, 3.63) is 35.6 Å². The van der Waals surface area contributed by atoms with E-state index in [-0.39, 0.29) is 22.7 Å². The molecule has 1 aromatic rings. The summed E-state index contributed by atoms with van der Waals surface area (Å²) in [5.41, 5.74) is 0.833. The van der Waals surface area contributed by atoms with Gasteiger partial charge in [-0.2, -0.15) is 0 Å². The number of benzene rings is 1. The van der Waals surface area contributed by atoms with Crippen LogP contribution in [-0.2, 0) is 9.59 Å². The molecule has 1 aliphatic carbocycles. The fraction of sp³-hybridized carbons (Fsp3) is 0.742. The van der Waals surface area contributed by atoms with Gasteiger partial charge in [-0.1, -0.05) is 31.4 Å². The predicted molar refractivity (Wildman–Crippen MR) is 149 cm³/mol. The number of amides is 2. The van der Waals surface area contributed by atoms with Gasteiger partial charge in [0.1, 0.15) is 5.82 Å². The van der Waals surface area contributed by atoms with E-state index < -0.39 is 0 Å². The van der Waals surface area contributed by atoms with Crippen LogP contribution in [-0.4, -0.2) is 59.9 Å². The first-order valence-electron chi connectivity index (χ1n) is 14.6. The summed E-state index contributed by atoms with van der Waals surface area (Å²) in [6, 6.07) is 7.63. The molecule has 2 heterocycles. The number of nitrogens with zero attached hydrogens (tertiary/aromatic N) is 2. The maximum Gasteiger partial charge on any atom is 0.227 e. The average molecular weight is 516 g/mol. The van der Waals surface area contributed by atoms with Crippen LogP contribution < -0.4 is 5.32 Å². The molecular formula is C31H50FN3O2. The zero-order valence-electron chi connectivity index (χ0n) is 23.9. The molecule has 37 heavy (non-hydrogen) atoms. The fourth-order valence-electron chi connectivity index (χ4n) is 6.45. The summed E-state index contributed by atoms with van der Waals surface area (Å²) in [5, 5.41) is 3.21. The Morgan fingerprint density at radius 1 is 1.00 bits per heavy atom. The zero-order valence-corrected chi connectivity index (χ0v) is 23.9. The van der Waals surface area contributed by atoms with Crippen molar-refractivity contribution in [3.63, 3.8) is 0 Å². The lowest BCUT2D eigenvalue weighted by Gasteiger charge is -2.47. The first-order chi connectivity index (χ1) is 17.5. The first-order valence-corrected chi connectivity index (χ1v) is 14.6. The van der Waals surface area contributed by atoms with Crippen molar-refractivity contribution in [1.29, 1.82) is 0 Å². The van der Waals surface area contributed by atoms with Crippen LogP contribution >= 0.6 is 0 Å². The van der Waals surface area contributed by atoms with Crippen molar-refractivity contribution < 1.29 is 14.0 Å². The lowest BCUT2D eigenvalue weighted by molar-refractivity contribution is -0.143. The largest absolute Gasteiger partial charge is 0.351 e. The number of hydrogen-bond donors (Lipinski definition) is 1. The average Bonchev–Trinajstić information content (AvgIpc) is 2.89. The van der Waals surface area contributed by atoms with Crippen LogP contribution in [0.1, 0.15) is 104 Å². The van der Waals surface area contributed by atoms with Crippen LogP contribution in [0.15, 0.2) is 24.3 Å². The van der Waals surface area contributed by atoms with Gasteiger partial charge in [0.05, 0.1) is 5.41 Å². The zero-order chi connectivity index (χ0) is 27.1. The molecule has 0 unspecified atom stereocenters. The molecule has 0 aromatic heterocycles. The topological polar surface area (TPSA) is 52.7 Å². The van der Waals surface area contributed by atoms with E-state index in [2.05, 4.69) is 24.1 Å². The molecule has 2 saturated heterocycles. The third-order valence-electron chi connectivity index (χ3n) is 8.69. The summed E-state index contributed by atoms with van der Waals surface area (Å²) in [7, 11) is 0. The van der Waals surface area contributed by atoms with Crippen LogP contribution in [0.5, 0.6) is 0 Å². The first kappa shape index (κ1) is 29.6. The highest BCUT2D eigenvalue weighted by atomic mass is 19.1. The second kappa shape index (κ2) is 13.2. The molecule has 5 nitrogen and oxygen atoms in total. The van der Waals surface area contributed by atoms with E-state index >= 15 is 0 Å². The number of piperidine rings is 2. The monoisotopic (exact) mass is 515 g/mol. The number of halogens is 1. The number of carbonyl (C=O) groups excluding carboxylic acids is 2. The van der Waals surface area contributed by atoms with Crippen LogP contribution in [0, 0.1) is 17.2 Å². The Balaban J connectivity index is 0.000000213. The summed E-state index contributed by atoms with van der Waals surface area (Å²) < 4.78 is 12.8. The highest BCUT2D eigenvalue weighted by Gasteiger charge is 2.48. The molecule has 3 fully saturated rings. The highest BCUT2D eigenvalue weighted by Crippen LogP contribution is 2.46. The summed E-state index contributed by atoms with van der Waals surface area (Å²) in [6.45, 7) is 14.4. The molecule has 1 aromatic carbocycles. The van der Waals surface area contributed by atoms with E-state index in [4.69, 9.17) is 0 Å². The van der Waals surface area contributed by atoms with Crippen molar-refractivity contribution in [1.82, 2.24) is 15.1 Å². The van der Waals surface area contributed by atoms with Crippen molar-refractivity contribution >= 4 is 12.3 Å². The van der Waals surface area contributed by atoms with E-state index in [1.807, 2.05) is 37.8 Å². The summed E-state index contributed by atoms with van der Waals surface area (Å²) >= 11 is 0. The fourth-order valence-corrected chi connectivity index (χ4v) is 6.45. The molecule has 1 saturated carbocycles. The number of carbonyl (C=O) groups is 2.